The van der Waals surface area contributed by atoms with Crippen LogP contribution in [0.3, 0.4) is 0 Å². The topological polar surface area (TPSA) is 84.9 Å². The van der Waals surface area contributed by atoms with E-state index in [0.29, 0.717) is 23.7 Å². The van der Waals surface area contributed by atoms with E-state index in [2.05, 4.69) is 5.32 Å². The zero-order valence-electron chi connectivity index (χ0n) is 13.4. The number of carbonyl (C=O) groups is 2. The molecule has 0 heterocycles. The highest BCUT2D eigenvalue weighted by atomic mass is 16.5. The van der Waals surface area contributed by atoms with E-state index >= 15 is 0 Å². The lowest BCUT2D eigenvalue weighted by Gasteiger charge is -2.24. The zero-order valence-corrected chi connectivity index (χ0v) is 13.4. The van der Waals surface area contributed by atoms with Crippen molar-refractivity contribution in [2.45, 2.75) is 39.7 Å². The molecule has 0 atom stereocenters. The van der Waals surface area contributed by atoms with Crippen LogP contribution in [0, 0.1) is 0 Å². The predicted octanol–water partition coefficient (Wildman–Crippen LogP) is 2.47. The molecule has 0 aliphatic heterocycles. The number of carboxylic acids is 1. The van der Waals surface area contributed by atoms with Gasteiger partial charge in [-0.25, -0.2) is 4.79 Å². The number of amides is 1. The van der Waals surface area contributed by atoms with Crippen molar-refractivity contribution in [3.05, 3.63) is 23.8 Å². The Morgan fingerprint density at radius 2 is 1.86 bits per heavy atom. The summed E-state index contributed by atoms with van der Waals surface area (Å²) < 4.78 is 10.6. The number of hydrogen-bond acceptors (Lipinski definition) is 4. The molecule has 0 aliphatic rings. The van der Waals surface area contributed by atoms with Crippen LogP contribution in [0.2, 0.25) is 0 Å². The molecule has 6 nitrogen and oxygen atoms in total. The van der Waals surface area contributed by atoms with Crippen LogP contribution in [-0.4, -0.2) is 35.7 Å². The molecule has 6 heteroatoms. The van der Waals surface area contributed by atoms with Crippen LogP contribution in [0.15, 0.2) is 18.2 Å². The Morgan fingerprint density at radius 1 is 1.18 bits per heavy atom. The molecule has 1 rings (SSSR count). The van der Waals surface area contributed by atoms with Gasteiger partial charge in [0.25, 0.3) is 5.91 Å². The third-order valence-corrected chi connectivity index (χ3v) is 3.19. The molecule has 22 heavy (non-hydrogen) atoms. The third kappa shape index (κ3) is 5.27. The lowest BCUT2D eigenvalue weighted by molar-refractivity contribution is -0.139. The van der Waals surface area contributed by atoms with Crippen LogP contribution in [0.4, 0.5) is 0 Å². The molecule has 0 saturated heterocycles. The van der Waals surface area contributed by atoms with Gasteiger partial charge in [0, 0.05) is 11.1 Å². The van der Waals surface area contributed by atoms with Crippen molar-refractivity contribution < 1.29 is 24.2 Å². The molecule has 0 aliphatic carbocycles. The van der Waals surface area contributed by atoms with Crippen molar-refractivity contribution in [1.82, 2.24) is 5.32 Å². The maximum Gasteiger partial charge on any atom is 0.341 e. The number of aliphatic carboxylic acids is 1. The first-order valence-corrected chi connectivity index (χ1v) is 7.23. The summed E-state index contributed by atoms with van der Waals surface area (Å²) in [4.78, 5) is 22.8. The highest BCUT2D eigenvalue weighted by molar-refractivity contribution is 5.95. The van der Waals surface area contributed by atoms with Gasteiger partial charge >= 0.3 is 5.97 Å². The molecule has 0 spiro atoms. The Kier molecular flexibility index (Phi) is 6.22. The number of carbonyl (C=O) groups excluding carboxylic acids is 1. The Hall–Kier alpha value is -2.24. The summed E-state index contributed by atoms with van der Waals surface area (Å²) in [5, 5.41) is 11.6. The molecular formula is C16H23NO5. The molecule has 1 amide bonds. The van der Waals surface area contributed by atoms with Gasteiger partial charge in [-0.15, -0.1) is 0 Å². The Morgan fingerprint density at radius 3 is 2.41 bits per heavy atom. The Labute approximate surface area is 130 Å². The van der Waals surface area contributed by atoms with Crippen LogP contribution in [0.25, 0.3) is 0 Å². The summed E-state index contributed by atoms with van der Waals surface area (Å²) in [6.07, 6.45) is 0.802. The largest absolute Gasteiger partial charge is 0.490 e. The molecule has 0 fully saturated rings. The number of nitrogens with one attached hydrogen (secondary N) is 1. The quantitative estimate of drug-likeness (QED) is 0.770. The summed E-state index contributed by atoms with van der Waals surface area (Å²) in [7, 11) is 0. The van der Waals surface area contributed by atoms with E-state index in [-0.39, 0.29) is 11.4 Å². The van der Waals surface area contributed by atoms with Crippen molar-refractivity contribution in [3.8, 4) is 11.5 Å². The van der Waals surface area contributed by atoms with E-state index in [1.165, 1.54) is 0 Å². The molecule has 0 radical (unpaired) electrons. The van der Waals surface area contributed by atoms with Gasteiger partial charge < -0.3 is 19.9 Å². The maximum atomic E-state index is 12.3. The monoisotopic (exact) mass is 309 g/mol. The minimum Gasteiger partial charge on any atom is -0.490 e. The molecule has 0 aromatic heterocycles. The van der Waals surface area contributed by atoms with Crippen LogP contribution in [0.5, 0.6) is 11.5 Å². The van der Waals surface area contributed by atoms with E-state index in [4.69, 9.17) is 14.6 Å². The highest BCUT2D eigenvalue weighted by Crippen LogP contribution is 2.28. The van der Waals surface area contributed by atoms with Crippen molar-refractivity contribution in [2.75, 3.05) is 13.2 Å². The van der Waals surface area contributed by atoms with Crippen molar-refractivity contribution >= 4 is 11.9 Å². The highest BCUT2D eigenvalue weighted by Gasteiger charge is 2.20. The van der Waals surface area contributed by atoms with Gasteiger partial charge in [0.1, 0.15) is 0 Å². The average Bonchev–Trinajstić information content (AvgIpc) is 2.45. The van der Waals surface area contributed by atoms with Crippen LogP contribution < -0.4 is 14.8 Å². The third-order valence-electron chi connectivity index (χ3n) is 3.19. The molecular weight excluding hydrogens is 286 g/mol. The summed E-state index contributed by atoms with van der Waals surface area (Å²) in [6, 6.07) is 4.68. The normalized spacial score (nSPS) is 10.9. The predicted molar refractivity (Wildman–Crippen MR) is 82.6 cm³/mol. The lowest BCUT2D eigenvalue weighted by atomic mass is 10.0. The standard InChI is InChI=1S/C16H23NO5/c1-5-16(3,4)17-15(20)11-7-8-12(22-10-14(18)19)13(9-11)21-6-2/h7-9H,5-6,10H2,1-4H3,(H,17,20)(H,18,19). The fraction of sp³-hybridized carbons (Fsp3) is 0.500. The maximum absolute atomic E-state index is 12.3. The van der Waals surface area contributed by atoms with E-state index in [0.717, 1.165) is 6.42 Å². The summed E-state index contributed by atoms with van der Waals surface area (Å²) >= 11 is 0. The fourth-order valence-electron chi connectivity index (χ4n) is 1.64. The second-order valence-electron chi connectivity index (χ2n) is 5.47. The smallest absolute Gasteiger partial charge is 0.341 e. The summed E-state index contributed by atoms with van der Waals surface area (Å²) in [5.74, 6) is -0.632. The number of ether oxygens (including phenoxy) is 2. The van der Waals surface area contributed by atoms with Gasteiger partial charge in [-0.2, -0.15) is 0 Å². The van der Waals surface area contributed by atoms with Gasteiger partial charge in [-0.1, -0.05) is 6.92 Å². The van der Waals surface area contributed by atoms with E-state index in [9.17, 15) is 9.59 Å². The van der Waals surface area contributed by atoms with Crippen molar-refractivity contribution in [1.29, 1.82) is 0 Å². The van der Waals surface area contributed by atoms with Crippen LogP contribution in [0.1, 0.15) is 44.5 Å². The van der Waals surface area contributed by atoms with E-state index < -0.39 is 12.6 Å². The molecule has 2 N–H and O–H groups in total. The molecule has 122 valence electrons. The molecule has 1 aromatic carbocycles. The first-order chi connectivity index (χ1) is 10.3. The van der Waals surface area contributed by atoms with Crippen LogP contribution in [-0.2, 0) is 4.79 Å². The number of carboxylic acid groups (broad SMARTS) is 1. The van der Waals surface area contributed by atoms with Crippen LogP contribution >= 0.6 is 0 Å². The van der Waals surface area contributed by atoms with Gasteiger partial charge in [0.15, 0.2) is 18.1 Å². The molecule has 0 unspecified atom stereocenters. The zero-order chi connectivity index (χ0) is 16.8. The van der Waals surface area contributed by atoms with E-state index in [1.54, 1.807) is 25.1 Å². The lowest BCUT2D eigenvalue weighted by Crippen LogP contribution is -2.42. The minimum atomic E-state index is -1.08. The Balaban J connectivity index is 2.96. The number of benzene rings is 1. The van der Waals surface area contributed by atoms with Gasteiger partial charge in [-0.3, -0.25) is 4.79 Å². The van der Waals surface area contributed by atoms with Gasteiger partial charge in [0.05, 0.1) is 6.61 Å². The second-order valence-corrected chi connectivity index (χ2v) is 5.47. The molecule has 0 saturated carbocycles. The molecule has 1 aromatic rings. The fourth-order valence-corrected chi connectivity index (χ4v) is 1.64. The Bertz CT molecular complexity index is 539. The van der Waals surface area contributed by atoms with Crippen molar-refractivity contribution in [2.24, 2.45) is 0 Å². The summed E-state index contributed by atoms with van der Waals surface area (Å²) in [5.41, 5.74) is 0.133. The first kappa shape index (κ1) is 17.8. The molecule has 0 bridgehead atoms. The van der Waals surface area contributed by atoms with Gasteiger partial charge in [-0.05, 0) is 45.4 Å². The van der Waals surface area contributed by atoms with Gasteiger partial charge in [0.2, 0.25) is 0 Å². The first-order valence-electron chi connectivity index (χ1n) is 7.23. The number of hydrogen-bond donors (Lipinski definition) is 2. The minimum absolute atomic E-state index is 0.211. The average molecular weight is 309 g/mol. The SMILES string of the molecule is CCOc1cc(C(=O)NC(C)(C)CC)ccc1OCC(=O)O. The number of rotatable bonds is 8. The van der Waals surface area contributed by atoms with Crippen molar-refractivity contribution in [3.63, 3.8) is 0 Å². The van der Waals surface area contributed by atoms with E-state index in [1.807, 2.05) is 20.8 Å². The summed E-state index contributed by atoms with van der Waals surface area (Å²) in [6.45, 7) is 7.60. The second kappa shape index (κ2) is 7.68.